The summed E-state index contributed by atoms with van der Waals surface area (Å²) in [4.78, 5) is 12.4. The van der Waals surface area contributed by atoms with Crippen LogP contribution in [0.15, 0.2) is 219 Å². The molecule has 8 aromatic carbocycles. The maximum absolute atomic E-state index is 6.89. The second-order valence-corrected chi connectivity index (χ2v) is 19.5. The fourth-order valence-corrected chi connectivity index (χ4v) is 15.2. The predicted octanol–water partition coefficient (Wildman–Crippen LogP) is 10.7. The van der Waals surface area contributed by atoms with Gasteiger partial charge in [-0.2, -0.15) is 0 Å². The molecule has 0 spiro atoms. The second-order valence-electron chi connectivity index (χ2n) is 15.8. The number of benzene rings is 8. The van der Waals surface area contributed by atoms with Crippen molar-refractivity contribution in [3.63, 3.8) is 0 Å². The Labute approximate surface area is 360 Å². The number of aryl methyl sites for hydroxylation is 1. The maximum Gasteiger partial charge on any atom is 0.186 e. The van der Waals surface area contributed by atoms with Crippen LogP contribution in [-0.4, -0.2) is 27.2 Å². The van der Waals surface area contributed by atoms with Crippen LogP contribution in [0.3, 0.4) is 0 Å². The van der Waals surface area contributed by atoms with Crippen LogP contribution >= 0.6 is 0 Å². The van der Waals surface area contributed by atoms with Gasteiger partial charge in [0.15, 0.2) is 8.07 Å². The summed E-state index contributed by atoms with van der Waals surface area (Å²) in [5.41, 5.74) is 8.68. The predicted molar refractivity (Wildman–Crippen MR) is 257 cm³/mol. The lowest BCUT2D eigenvalue weighted by Gasteiger charge is -2.45. The summed E-state index contributed by atoms with van der Waals surface area (Å²) >= 11 is 0. The van der Waals surface area contributed by atoms with Gasteiger partial charge in [0.25, 0.3) is 0 Å². The Bertz CT molecular complexity index is 3420. The SMILES string of the molecule is Cn1c(-c2cccc(Oc3ccc4c(c3)N(c3ccccn3)c3ccc5c6ccccc6n(-c6ccccc6)c5c3[Si]4(c3ccccc3)c3ccccc3)c2)nc2ccccc21. The Kier molecular flexibility index (Phi) is 8.30. The maximum atomic E-state index is 6.89. The summed E-state index contributed by atoms with van der Waals surface area (Å²) in [6, 6.07) is 76.0. The lowest BCUT2D eigenvalue weighted by molar-refractivity contribution is 0.483. The summed E-state index contributed by atoms with van der Waals surface area (Å²) in [5.74, 6) is 3.19. The van der Waals surface area contributed by atoms with E-state index in [1.165, 1.54) is 42.6 Å². The number of fused-ring (bicyclic) bond motifs is 7. The number of pyridine rings is 1. The van der Waals surface area contributed by atoms with Crippen LogP contribution in [0.2, 0.25) is 0 Å². The van der Waals surface area contributed by atoms with Gasteiger partial charge in [-0.1, -0.05) is 140 Å². The first kappa shape index (κ1) is 35.9. The van der Waals surface area contributed by atoms with Crippen molar-refractivity contribution in [1.29, 1.82) is 0 Å². The van der Waals surface area contributed by atoms with Gasteiger partial charge in [0.1, 0.15) is 23.1 Å². The highest BCUT2D eigenvalue weighted by Crippen LogP contribution is 2.43. The van der Waals surface area contributed by atoms with Crippen LogP contribution in [0.25, 0.3) is 49.9 Å². The van der Waals surface area contributed by atoms with Gasteiger partial charge in [0, 0.05) is 46.5 Å². The first-order valence-electron chi connectivity index (χ1n) is 21.0. The number of para-hydroxylation sites is 4. The Morgan fingerprint density at radius 3 is 1.94 bits per heavy atom. The molecule has 0 N–H and O–H groups in total. The van der Waals surface area contributed by atoms with E-state index in [1.807, 2.05) is 30.5 Å². The van der Waals surface area contributed by atoms with Crippen molar-refractivity contribution in [3.05, 3.63) is 219 Å². The lowest BCUT2D eigenvalue weighted by atomic mass is 10.1. The van der Waals surface area contributed by atoms with E-state index in [9.17, 15) is 0 Å². The first-order chi connectivity index (χ1) is 30.7. The molecule has 0 aliphatic carbocycles. The van der Waals surface area contributed by atoms with Crippen LogP contribution in [0.1, 0.15) is 0 Å². The fraction of sp³-hybridized carbons (Fsp3) is 0.0182. The number of hydrogen-bond acceptors (Lipinski definition) is 4. The van der Waals surface area contributed by atoms with Gasteiger partial charge in [0.2, 0.25) is 0 Å². The molecule has 0 unspecified atom stereocenters. The zero-order valence-electron chi connectivity index (χ0n) is 33.9. The fourth-order valence-electron chi connectivity index (χ4n) is 9.90. The van der Waals surface area contributed by atoms with E-state index in [1.54, 1.807) is 0 Å². The molecule has 0 saturated heterocycles. The molecule has 0 saturated carbocycles. The minimum Gasteiger partial charge on any atom is -0.457 e. The molecule has 0 atom stereocenters. The van der Waals surface area contributed by atoms with Crippen LogP contribution in [0.4, 0.5) is 17.2 Å². The molecular weight excluding hydrogens is 775 g/mol. The quantitative estimate of drug-likeness (QED) is 0.150. The number of nitrogens with zero attached hydrogens (tertiary/aromatic N) is 5. The largest absolute Gasteiger partial charge is 0.457 e. The van der Waals surface area contributed by atoms with E-state index >= 15 is 0 Å². The van der Waals surface area contributed by atoms with Crippen LogP contribution in [0, 0.1) is 0 Å². The van der Waals surface area contributed by atoms with Crippen molar-refractivity contribution < 1.29 is 4.74 Å². The highest BCUT2D eigenvalue weighted by atomic mass is 28.3. The molecular formula is C55H39N5OSi. The normalized spacial score (nSPS) is 13.0. The summed E-state index contributed by atoms with van der Waals surface area (Å²) in [5, 5.41) is 7.61. The summed E-state index contributed by atoms with van der Waals surface area (Å²) in [6.45, 7) is 0. The third-order valence-corrected chi connectivity index (χ3v) is 17.3. The zero-order chi connectivity index (χ0) is 41.2. The number of rotatable bonds is 7. The number of anilines is 3. The van der Waals surface area contributed by atoms with E-state index in [-0.39, 0.29) is 0 Å². The molecule has 3 aromatic heterocycles. The molecule has 7 heteroatoms. The van der Waals surface area contributed by atoms with Gasteiger partial charge in [0.05, 0.1) is 33.4 Å². The van der Waals surface area contributed by atoms with Crippen molar-refractivity contribution in [2.24, 2.45) is 7.05 Å². The average molecular weight is 814 g/mol. The van der Waals surface area contributed by atoms with E-state index < -0.39 is 8.07 Å². The van der Waals surface area contributed by atoms with E-state index in [0.29, 0.717) is 0 Å². The Balaban J connectivity index is 1.15. The third-order valence-electron chi connectivity index (χ3n) is 12.5. The molecule has 12 rings (SSSR count). The molecule has 62 heavy (non-hydrogen) atoms. The van der Waals surface area contributed by atoms with Crippen molar-refractivity contribution in [1.82, 2.24) is 19.1 Å². The smallest absolute Gasteiger partial charge is 0.186 e. The second kappa shape index (κ2) is 14.3. The molecule has 0 radical (unpaired) electrons. The number of imidazole rings is 1. The monoisotopic (exact) mass is 813 g/mol. The summed E-state index contributed by atoms with van der Waals surface area (Å²) in [7, 11) is -1.13. The molecule has 1 aliphatic rings. The van der Waals surface area contributed by atoms with E-state index in [4.69, 9.17) is 14.7 Å². The van der Waals surface area contributed by atoms with Crippen molar-refractivity contribution in [3.8, 4) is 28.6 Å². The van der Waals surface area contributed by atoms with Gasteiger partial charge >= 0.3 is 0 Å². The van der Waals surface area contributed by atoms with Crippen LogP contribution < -0.4 is 30.4 Å². The molecule has 11 aromatic rings. The van der Waals surface area contributed by atoms with E-state index in [2.05, 4.69) is 209 Å². The molecule has 0 bridgehead atoms. The Hall–Kier alpha value is -8.00. The topological polar surface area (TPSA) is 48.1 Å². The van der Waals surface area contributed by atoms with Gasteiger partial charge in [-0.3, -0.25) is 4.90 Å². The Morgan fingerprint density at radius 2 is 1.19 bits per heavy atom. The lowest BCUT2D eigenvalue weighted by Crippen LogP contribution is -2.77. The summed E-state index contributed by atoms with van der Waals surface area (Å²) < 4.78 is 11.5. The molecule has 294 valence electrons. The molecule has 0 amide bonds. The minimum absolute atomic E-state index is 0.735. The van der Waals surface area contributed by atoms with Gasteiger partial charge in [-0.05, 0) is 82.3 Å². The first-order valence-corrected chi connectivity index (χ1v) is 23.0. The van der Waals surface area contributed by atoms with Crippen molar-refractivity contribution in [2.75, 3.05) is 4.90 Å². The number of ether oxygens (including phenoxy) is 1. The standard InChI is InChI=1S/C55H39N5OSi/c1-58-48-29-14-12-27-46(48)57-55(58)38-18-17-21-40(36-38)61-41-31-34-51-50(37-41)60(52-30-15-16-35-56-52)49-33-32-45-44-26-11-13-28-47(44)59(39-19-5-2-6-20-39)53(45)54(49)62(51,42-22-7-3-8-23-42)43-24-9-4-10-25-43/h2-37H,1H3. The van der Waals surface area contributed by atoms with Gasteiger partial charge < -0.3 is 13.9 Å². The average Bonchev–Trinajstić information content (AvgIpc) is 3.86. The zero-order valence-corrected chi connectivity index (χ0v) is 34.9. The Morgan fingerprint density at radius 1 is 0.516 bits per heavy atom. The molecule has 4 heterocycles. The number of hydrogen-bond donors (Lipinski definition) is 0. The molecule has 0 fully saturated rings. The minimum atomic E-state index is -3.19. The third kappa shape index (κ3) is 5.42. The van der Waals surface area contributed by atoms with Crippen LogP contribution in [-0.2, 0) is 7.05 Å². The summed E-state index contributed by atoms with van der Waals surface area (Å²) in [6.07, 6.45) is 1.88. The highest BCUT2D eigenvalue weighted by molar-refractivity contribution is 7.22. The number of aromatic nitrogens is 4. The molecule has 1 aliphatic heterocycles. The van der Waals surface area contributed by atoms with Gasteiger partial charge in [-0.25, -0.2) is 9.97 Å². The van der Waals surface area contributed by atoms with Gasteiger partial charge in [-0.15, -0.1) is 0 Å². The molecule has 6 nitrogen and oxygen atoms in total. The van der Waals surface area contributed by atoms with Crippen molar-refractivity contribution >= 4 is 78.9 Å². The highest BCUT2D eigenvalue weighted by Gasteiger charge is 2.51. The van der Waals surface area contributed by atoms with Crippen LogP contribution in [0.5, 0.6) is 11.5 Å². The van der Waals surface area contributed by atoms with Crippen molar-refractivity contribution in [2.45, 2.75) is 0 Å². The van der Waals surface area contributed by atoms with E-state index in [0.717, 1.165) is 56.8 Å².